The number of carbonyl (C=O) groups is 2. The molecule has 5 rings (SSSR count). The monoisotopic (exact) mass is 378 g/mol. The standard InChI is InChI=1S/C22H26N4O2/c1-25-10-5-11-26(21-20(25)23-17-8-2-3-9-18(17)24-21)22(28)16-12-14-6-4-7-15(13-16)19(14)27/h2-3,8-9,14-16H,4-7,10-13H2,1H3/t14-,15+,16?. The van der Waals surface area contributed by atoms with E-state index in [4.69, 9.17) is 9.97 Å². The Morgan fingerprint density at radius 2 is 1.61 bits per heavy atom. The van der Waals surface area contributed by atoms with Gasteiger partial charge < -0.3 is 4.90 Å². The highest BCUT2D eigenvalue weighted by molar-refractivity contribution is 5.99. The smallest absolute Gasteiger partial charge is 0.231 e. The highest BCUT2D eigenvalue weighted by Crippen LogP contribution is 2.42. The van der Waals surface area contributed by atoms with Gasteiger partial charge in [0.25, 0.3) is 0 Å². The molecule has 1 aromatic carbocycles. The minimum Gasteiger partial charge on any atom is -0.357 e. The van der Waals surface area contributed by atoms with Gasteiger partial charge in [-0.3, -0.25) is 14.5 Å². The van der Waals surface area contributed by atoms with Gasteiger partial charge in [0.15, 0.2) is 11.6 Å². The van der Waals surface area contributed by atoms with Crippen LogP contribution >= 0.6 is 0 Å². The van der Waals surface area contributed by atoms with Gasteiger partial charge >= 0.3 is 0 Å². The Hall–Kier alpha value is -2.50. The van der Waals surface area contributed by atoms with Crippen molar-refractivity contribution < 1.29 is 9.59 Å². The van der Waals surface area contributed by atoms with Crippen LogP contribution in [-0.2, 0) is 9.59 Å². The van der Waals surface area contributed by atoms with Crippen molar-refractivity contribution in [1.29, 1.82) is 0 Å². The lowest BCUT2D eigenvalue weighted by atomic mass is 9.67. The Labute approximate surface area is 164 Å². The van der Waals surface area contributed by atoms with E-state index in [9.17, 15) is 9.59 Å². The highest BCUT2D eigenvalue weighted by atomic mass is 16.2. The van der Waals surface area contributed by atoms with Gasteiger partial charge in [-0.05, 0) is 44.2 Å². The van der Waals surface area contributed by atoms with Crippen LogP contribution in [-0.4, -0.2) is 41.8 Å². The molecule has 2 aliphatic carbocycles. The summed E-state index contributed by atoms with van der Waals surface area (Å²) in [6.07, 6.45) is 5.31. The van der Waals surface area contributed by atoms with Crippen LogP contribution in [0.25, 0.3) is 11.0 Å². The van der Waals surface area contributed by atoms with E-state index >= 15 is 0 Å². The molecule has 6 heteroatoms. The second-order valence-electron chi connectivity index (χ2n) is 8.52. The largest absolute Gasteiger partial charge is 0.357 e. The van der Waals surface area contributed by atoms with Gasteiger partial charge in [0, 0.05) is 37.9 Å². The van der Waals surface area contributed by atoms with E-state index < -0.39 is 0 Å². The molecule has 0 saturated heterocycles. The SMILES string of the molecule is CN1CCCN(C(=O)C2C[C@H]3CCC[C@@H](C2)C3=O)c2nc3ccccc3nc21. The summed E-state index contributed by atoms with van der Waals surface area (Å²) < 4.78 is 0. The molecule has 3 atom stereocenters. The normalized spacial score (nSPS) is 27.5. The number of benzene rings is 1. The quantitative estimate of drug-likeness (QED) is 0.762. The molecular formula is C22H26N4O2. The first kappa shape index (κ1) is 17.6. The molecule has 146 valence electrons. The number of Topliss-reactive ketones (excluding diaryl/α,β-unsaturated/α-hetero) is 1. The van der Waals surface area contributed by atoms with E-state index in [1.54, 1.807) is 0 Å². The Morgan fingerprint density at radius 3 is 2.29 bits per heavy atom. The lowest BCUT2D eigenvalue weighted by Gasteiger charge is -2.38. The summed E-state index contributed by atoms with van der Waals surface area (Å²) in [6, 6.07) is 7.81. The fourth-order valence-electron chi connectivity index (χ4n) is 5.21. The molecule has 28 heavy (non-hydrogen) atoms. The number of rotatable bonds is 1. The third kappa shape index (κ3) is 2.86. The van der Waals surface area contributed by atoms with E-state index in [1.807, 2.05) is 36.2 Å². The van der Waals surface area contributed by atoms with Crippen molar-refractivity contribution in [2.45, 2.75) is 38.5 Å². The van der Waals surface area contributed by atoms with Crippen molar-refractivity contribution in [2.24, 2.45) is 17.8 Å². The van der Waals surface area contributed by atoms with Crippen LogP contribution in [0.3, 0.4) is 0 Å². The number of anilines is 2. The molecule has 0 N–H and O–H groups in total. The van der Waals surface area contributed by atoms with Crippen LogP contribution in [0.5, 0.6) is 0 Å². The summed E-state index contributed by atoms with van der Waals surface area (Å²) in [5.41, 5.74) is 1.66. The summed E-state index contributed by atoms with van der Waals surface area (Å²) in [6.45, 7) is 1.50. The molecule has 1 aromatic heterocycles. The molecule has 2 fully saturated rings. The average Bonchev–Trinajstić information content (AvgIpc) is 2.84. The molecule has 3 aliphatic rings. The number of nitrogens with zero attached hydrogens (tertiary/aromatic N) is 4. The number of aromatic nitrogens is 2. The predicted octanol–water partition coefficient (Wildman–Crippen LogP) is 3.20. The highest BCUT2D eigenvalue weighted by Gasteiger charge is 2.43. The molecule has 0 spiro atoms. The number of para-hydroxylation sites is 2. The fourth-order valence-corrected chi connectivity index (χ4v) is 5.21. The number of fused-ring (bicyclic) bond motifs is 4. The van der Waals surface area contributed by atoms with Crippen molar-refractivity contribution in [3.05, 3.63) is 24.3 Å². The first-order valence-corrected chi connectivity index (χ1v) is 10.4. The lowest BCUT2D eigenvalue weighted by Crippen LogP contribution is -2.44. The topological polar surface area (TPSA) is 66.4 Å². The van der Waals surface area contributed by atoms with Gasteiger partial charge in [0.1, 0.15) is 5.78 Å². The Morgan fingerprint density at radius 1 is 0.964 bits per heavy atom. The van der Waals surface area contributed by atoms with E-state index in [0.29, 0.717) is 31.0 Å². The van der Waals surface area contributed by atoms with Gasteiger partial charge in [0.2, 0.25) is 5.91 Å². The molecule has 2 saturated carbocycles. The van der Waals surface area contributed by atoms with E-state index in [-0.39, 0.29) is 23.7 Å². The van der Waals surface area contributed by atoms with Crippen molar-refractivity contribution in [3.63, 3.8) is 0 Å². The first-order valence-electron chi connectivity index (χ1n) is 10.4. The molecule has 1 amide bonds. The zero-order chi connectivity index (χ0) is 19.3. The van der Waals surface area contributed by atoms with E-state index in [1.165, 1.54) is 0 Å². The van der Waals surface area contributed by atoms with E-state index in [0.717, 1.165) is 49.1 Å². The summed E-state index contributed by atoms with van der Waals surface area (Å²) >= 11 is 0. The maximum absolute atomic E-state index is 13.6. The van der Waals surface area contributed by atoms with Crippen molar-refractivity contribution in [2.75, 3.05) is 29.9 Å². The molecule has 1 unspecified atom stereocenters. The average molecular weight is 378 g/mol. The van der Waals surface area contributed by atoms with Gasteiger partial charge in [-0.25, -0.2) is 9.97 Å². The van der Waals surface area contributed by atoms with Crippen LogP contribution in [0.2, 0.25) is 0 Å². The molecule has 1 aliphatic heterocycles. The van der Waals surface area contributed by atoms with Crippen molar-refractivity contribution >= 4 is 34.4 Å². The summed E-state index contributed by atoms with van der Waals surface area (Å²) in [4.78, 5) is 39.6. The maximum atomic E-state index is 13.6. The van der Waals surface area contributed by atoms with Gasteiger partial charge in [-0.1, -0.05) is 18.6 Å². The van der Waals surface area contributed by atoms with E-state index in [2.05, 4.69) is 4.90 Å². The van der Waals surface area contributed by atoms with Crippen LogP contribution in [0, 0.1) is 17.8 Å². The second kappa shape index (κ2) is 6.83. The molecular weight excluding hydrogens is 352 g/mol. The first-order chi connectivity index (χ1) is 13.6. The van der Waals surface area contributed by atoms with Crippen LogP contribution < -0.4 is 9.80 Å². The van der Waals surface area contributed by atoms with Gasteiger partial charge in [-0.15, -0.1) is 0 Å². The third-order valence-electron chi connectivity index (χ3n) is 6.69. The number of carbonyl (C=O) groups excluding carboxylic acids is 2. The molecule has 2 aromatic rings. The number of hydrogen-bond acceptors (Lipinski definition) is 5. The van der Waals surface area contributed by atoms with Crippen molar-refractivity contribution in [1.82, 2.24) is 9.97 Å². The maximum Gasteiger partial charge on any atom is 0.231 e. The summed E-state index contributed by atoms with van der Waals surface area (Å²) in [7, 11) is 2.01. The van der Waals surface area contributed by atoms with Gasteiger partial charge in [-0.2, -0.15) is 0 Å². The molecule has 2 bridgehead atoms. The van der Waals surface area contributed by atoms with Crippen LogP contribution in [0.15, 0.2) is 24.3 Å². The van der Waals surface area contributed by atoms with Crippen LogP contribution in [0.4, 0.5) is 11.6 Å². The zero-order valence-corrected chi connectivity index (χ0v) is 16.3. The second-order valence-corrected chi connectivity index (χ2v) is 8.52. The van der Waals surface area contributed by atoms with Gasteiger partial charge in [0.05, 0.1) is 11.0 Å². The molecule has 0 radical (unpaired) electrons. The molecule has 6 nitrogen and oxygen atoms in total. The predicted molar refractivity (Wildman–Crippen MR) is 108 cm³/mol. The number of hydrogen-bond donors (Lipinski definition) is 0. The summed E-state index contributed by atoms with van der Waals surface area (Å²) in [5, 5.41) is 0. The Kier molecular flexibility index (Phi) is 4.29. The summed E-state index contributed by atoms with van der Waals surface area (Å²) in [5.74, 6) is 2.07. The van der Waals surface area contributed by atoms with Crippen molar-refractivity contribution in [3.8, 4) is 0 Å². The number of amides is 1. The third-order valence-corrected chi connectivity index (χ3v) is 6.69. The molecule has 2 heterocycles. The Bertz CT molecular complexity index is 927. The van der Waals surface area contributed by atoms with Crippen LogP contribution in [0.1, 0.15) is 38.5 Å². The fraction of sp³-hybridized carbons (Fsp3) is 0.545. The Balaban J connectivity index is 1.51. The minimum absolute atomic E-state index is 0.0717. The lowest BCUT2D eigenvalue weighted by molar-refractivity contribution is -0.136. The zero-order valence-electron chi connectivity index (χ0n) is 16.3. The number of ketones is 1. The minimum atomic E-state index is -0.0717.